The molecule has 1 amide bonds. The van der Waals surface area contributed by atoms with Gasteiger partial charge in [0.25, 0.3) is 0 Å². The van der Waals surface area contributed by atoms with E-state index in [4.69, 9.17) is 26.2 Å². The quantitative estimate of drug-likeness (QED) is 0.531. The van der Waals surface area contributed by atoms with Crippen LogP contribution in [0.5, 0.6) is 5.75 Å². The van der Waals surface area contributed by atoms with Crippen molar-refractivity contribution in [2.24, 2.45) is 0 Å². The zero-order chi connectivity index (χ0) is 22.0. The predicted octanol–water partition coefficient (Wildman–Crippen LogP) is 3.89. The van der Waals surface area contributed by atoms with Crippen LogP contribution in [0.4, 0.5) is 14.9 Å². The number of nitrogens with one attached hydrogen (secondary N) is 1. The number of anilines is 1. The van der Waals surface area contributed by atoms with Crippen LogP contribution in [0.2, 0.25) is 5.02 Å². The van der Waals surface area contributed by atoms with E-state index in [1.165, 1.54) is 23.4 Å². The molecule has 0 radical (unpaired) electrons. The van der Waals surface area contributed by atoms with Crippen LogP contribution < -0.4 is 10.1 Å². The molecule has 0 saturated carbocycles. The molecule has 1 aliphatic rings. The fourth-order valence-electron chi connectivity index (χ4n) is 3.37. The summed E-state index contributed by atoms with van der Waals surface area (Å²) in [5.74, 6) is 0.0630. The zero-order valence-electron chi connectivity index (χ0n) is 16.6. The Labute approximate surface area is 182 Å². The molecule has 1 saturated heterocycles. The lowest BCUT2D eigenvalue weighted by Gasteiger charge is -2.38. The van der Waals surface area contributed by atoms with E-state index in [-0.39, 0.29) is 11.1 Å². The number of hydrogen-bond donors (Lipinski definition) is 2. The van der Waals surface area contributed by atoms with Crippen molar-refractivity contribution in [2.45, 2.75) is 6.04 Å². The van der Waals surface area contributed by atoms with Gasteiger partial charge in [0.15, 0.2) is 0 Å². The van der Waals surface area contributed by atoms with E-state index in [9.17, 15) is 9.18 Å². The molecule has 0 spiro atoms. The van der Waals surface area contributed by atoms with Crippen molar-refractivity contribution in [1.82, 2.24) is 14.9 Å². The lowest BCUT2D eigenvalue weighted by molar-refractivity contribution is 0.111. The van der Waals surface area contributed by atoms with Crippen LogP contribution in [-0.4, -0.2) is 65.5 Å². The monoisotopic (exact) mass is 446 g/mol. The maximum Gasteiger partial charge on any atom is 0.407 e. The first kappa shape index (κ1) is 21.1. The molecule has 1 aliphatic heterocycles. The third-order valence-corrected chi connectivity index (χ3v) is 5.28. The molecule has 1 fully saturated rings. The van der Waals surface area contributed by atoms with Gasteiger partial charge in [0.05, 0.1) is 34.6 Å². The van der Waals surface area contributed by atoms with E-state index < -0.39 is 11.9 Å². The Morgan fingerprint density at radius 2 is 2.10 bits per heavy atom. The summed E-state index contributed by atoms with van der Waals surface area (Å²) < 4.78 is 24.5. The highest BCUT2D eigenvalue weighted by Crippen LogP contribution is 2.36. The first-order chi connectivity index (χ1) is 15.0. The molecule has 3 aromatic rings. The van der Waals surface area contributed by atoms with E-state index >= 15 is 0 Å². The molecule has 0 atom stereocenters. The minimum absolute atomic E-state index is 0.00496. The summed E-state index contributed by atoms with van der Waals surface area (Å²) in [6.45, 7) is 1.50. The molecule has 162 valence electrons. The van der Waals surface area contributed by atoms with Gasteiger partial charge in [-0.25, -0.2) is 19.2 Å². The number of carbonyl (C=O) groups is 1. The highest BCUT2D eigenvalue weighted by Gasteiger charge is 2.31. The van der Waals surface area contributed by atoms with Gasteiger partial charge in [-0.15, -0.1) is 0 Å². The van der Waals surface area contributed by atoms with Gasteiger partial charge in [0.1, 0.15) is 24.5 Å². The average Bonchev–Trinajstić information content (AvgIpc) is 2.72. The summed E-state index contributed by atoms with van der Waals surface area (Å²) in [5, 5.41) is 13.1. The van der Waals surface area contributed by atoms with Crippen LogP contribution in [-0.2, 0) is 4.74 Å². The Hall–Kier alpha value is -3.17. The van der Waals surface area contributed by atoms with Gasteiger partial charge in [0.2, 0.25) is 0 Å². The Kier molecular flexibility index (Phi) is 6.06. The SMILES string of the molecule is COCCOc1cc2ncnc(-c3ccc(F)c(Cl)c3)c2cc1NC1CN(C(=O)O)C1. The van der Waals surface area contributed by atoms with Crippen molar-refractivity contribution in [3.8, 4) is 17.0 Å². The van der Waals surface area contributed by atoms with E-state index in [0.29, 0.717) is 54.5 Å². The van der Waals surface area contributed by atoms with Crippen molar-refractivity contribution in [1.29, 1.82) is 0 Å². The number of likely N-dealkylation sites (tertiary alicyclic amines) is 1. The number of ether oxygens (including phenoxy) is 2. The summed E-state index contributed by atoms with van der Waals surface area (Å²) in [4.78, 5) is 21.1. The number of methoxy groups -OCH3 is 1. The standard InChI is InChI=1S/C21H20ClFN4O4/c1-30-4-5-31-19-8-17-14(7-18(19)26-13-9-27(10-13)21(28)29)20(25-11-24-17)12-2-3-16(23)15(22)6-12/h2-3,6-8,11,13,26H,4-5,9-10H2,1H3,(H,28,29). The van der Waals surface area contributed by atoms with Crippen LogP contribution in [0.1, 0.15) is 0 Å². The molecule has 2 aromatic carbocycles. The van der Waals surface area contributed by atoms with Crippen LogP contribution >= 0.6 is 11.6 Å². The molecule has 8 nitrogen and oxygen atoms in total. The van der Waals surface area contributed by atoms with Crippen LogP contribution in [0.15, 0.2) is 36.7 Å². The largest absolute Gasteiger partial charge is 0.489 e. The summed E-state index contributed by atoms with van der Waals surface area (Å²) in [6, 6.07) is 8.01. The van der Waals surface area contributed by atoms with E-state index in [2.05, 4.69) is 15.3 Å². The number of rotatable bonds is 7. The third-order valence-electron chi connectivity index (χ3n) is 4.99. The Balaban J connectivity index is 1.72. The lowest BCUT2D eigenvalue weighted by Crippen LogP contribution is -2.56. The van der Waals surface area contributed by atoms with Crippen molar-refractivity contribution in [2.75, 3.05) is 38.7 Å². The number of benzene rings is 2. The maximum atomic E-state index is 13.6. The fraction of sp³-hybridized carbons (Fsp3) is 0.286. The Bertz CT molecular complexity index is 1120. The number of halogens is 2. The number of hydrogen-bond acceptors (Lipinski definition) is 6. The molecular formula is C21H20ClFN4O4. The summed E-state index contributed by atoms with van der Waals surface area (Å²) in [6.07, 6.45) is 0.481. The lowest BCUT2D eigenvalue weighted by atomic mass is 10.0. The summed E-state index contributed by atoms with van der Waals surface area (Å²) in [5.41, 5.74) is 2.57. The molecule has 2 heterocycles. The summed E-state index contributed by atoms with van der Waals surface area (Å²) in [7, 11) is 1.59. The average molecular weight is 447 g/mol. The second kappa shape index (κ2) is 8.91. The van der Waals surface area contributed by atoms with Crippen LogP contribution in [0.3, 0.4) is 0 Å². The first-order valence-corrected chi connectivity index (χ1v) is 9.94. The van der Waals surface area contributed by atoms with Crippen LogP contribution in [0.25, 0.3) is 22.2 Å². The molecule has 1 aromatic heterocycles. The second-order valence-electron chi connectivity index (χ2n) is 7.09. The highest BCUT2D eigenvalue weighted by atomic mass is 35.5. The van der Waals surface area contributed by atoms with Gasteiger partial charge in [0, 0.05) is 37.2 Å². The van der Waals surface area contributed by atoms with E-state index in [0.717, 1.165) is 5.39 Å². The molecule has 10 heteroatoms. The Morgan fingerprint density at radius 1 is 1.29 bits per heavy atom. The number of aromatic nitrogens is 2. The summed E-state index contributed by atoms with van der Waals surface area (Å²) >= 11 is 5.96. The molecule has 2 N–H and O–H groups in total. The van der Waals surface area contributed by atoms with Gasteiger partial charge in [-0.3, -0.25) is 0 Å². The zero-order valence-corrected chi connectivity index (χ0v) is 17.4. The van der Waals surface area contributed by atoms with Crippen molar-refractivity contribution < 1.29 is 23.8 Å². The van der Waals surface area contributed by atoms with Crippen molar-refractivity contribution in [3.63, 3.8) is 0 Å². The predicted molar refractivity (Wildman–Crippen MR) is 114 cm³/mol. The minimum Gasteiger partial charge on any atom is -0.489 e. The minimum atomic E-state index is -0.947. The molecule has 0 aliphatic carbocycles. The first-order valence-electron chi connectivity index (χ1n) is 9.56. The third kappa shape index (κ3) is 4.47. The highest BCUT2D eigenvalue weighted by molar-refractivity contribution is 6.31. The smallest absolute Gasteiger partial charge is 0.407 e. The molecule has 31 heavy (non-hydrogen) atoms. The normalized spacial score (nSPS) is 13.8. The van der Waals surface area contributed by atoms with Gasteiger partial charge in [-0.05, 0) is 24.3 Å². The van der Waals surface area contributed by atoms with E-state index in [1.54, 1.807) is 19.2 Å². The molecule has 4 rings (SSSR count). The number of fused-ring (bicyclic) bond motifs is 1. The topological polar surface area (TPSA) is 96.8 Å². The molecular weight excluding hydrogens is 427 g/mol. The maximum absolute atomic E-state index is 13.6. The van der Waals surface area contributed by atoms with E-state index in [1.807, 2.05) is 6.07 Å². The second-order valence-corrected chi connectivity index (χ2v) is 7.49. The number of nitrogens with zero attached hydrogens (tertiary/aromatic N) is 3. The van der Waals surface area contributed by atoms with Crippen LogP contribution in [0, 0.1) is 5.82 Å². The molecule has 0 unspecified atom stereocenters. The van der Waals surface area contributed by atoms with Crippen molar-refractivity contribution >= 4 is 34.3 Å². The fourth-order valence-corrected chi connectivity index (χ4v) is 3.55. The van der Waals surface area contributed by atoms with Gasteiger partial charge in [-0.2, -0.15) is 0 Å². The number of carboxylic acid groups (broad SMARTS) is 1. The molecule has 0 bridgehead atoms. The van der Waals surface area contributed by atoms with Gasteiger partial charge >= 0.3 is 6.09 Å². The van der Waals surface area contributed by atoms with Gasteiger partial charge in [-0.1, -0.05) is 11.6 Å². The van der Waals surface area contributed by atoms with Gasteiger partial charge < -0.3 is 24.8 Å². The van der Waals surface area contributed by atoms with Crippen molar-refractivity contribution in [3.05, 3.63) is 47.5 Å². The Morgan fingerprint density at radius 3 is 2.81 bits per heavy atom. The number of amides is 1.